The van der Waals surface area contributed by atoms with Gasteiger partial charge in [-0.15, -0.1) is 0 Å². The Kier molecular flexibility index (Phi) is 5.30. The number of amides is 1. The van der Waals surface area contributed by atoms with Crippen LogP contribution in [0.4, 0.5) is 5.69 Å². The molecule has 1 amide bonds. The Bertz CT molecular complexity index is 713. The van der Waals surface area contributed by atoms with Crippen LogP contribution in [0, 0.1) is 10.1 Å². The number of carbonyl (C=O) groups is 1. The highest BCUT2D eigenvalue weighted by atomic mass is 16.6. The molecular formula is C17H18N2O4. The number of nitro benzene ring substituents is 1. The summed E-state index contributed by atoms with van der Waals surface area (Å²) in [5.74, 6) is 0.381. The molecule has 2 aromatic rings. The van der Waals surface area contributed by atoms with Crippen molar-refractivity contribution in [2.24, 2.45) is 0 Å². The number of carbonyl (C=O) groups excluding carboxylic acids is 1. The first-order valence-electron chi connectivity index (χ1n) is 7.24. The van der Waals surface area contributed by atoms with Gasteiger partial charge in [-0.05, 0) is 37.6 Å². The first-order chi connectivity index (χ1) is 11.0. The summed E-state index contributed by atoms with van der Waals surface area (Å²) in [4.78, 5) is 22.3. The quantitative estimate of drug-likeness (QED) is 0.655. The molecule has 0 aliphatic rings. The van der Waals surface area contributed by atoms with Crippen molar-refractivity contribution in [2.75, 3.05) is 0 Å². The van der Waals surface area contributed by atoms with Crippen molar-refractivity contribution in [2.45, 2.75) is 26.5 Å². The number of nitrogens with zero attached hydrogens (tertiary/aromatic N) is 1. The van der Waals surface area contributed by atoms with Gasteiger partial charge in [-0.25, -0.2) is 0 Å². The van der Waals surface area contributed by atoms with E-state index in [1.165, 1.54) is 18.2 Å². The lowest BCUT2D eigenvalue weighted by Gasteiger charge is -2.11. The van der Waals surface area contributed by atoms with Crippen LogP contribution in [0.3, 0.4) is 0 Å². The highest BCUT2D eigenvalue weighted by Gasteiger charge is 2.11. The topological polar surface area (TPSA) is 81.5 Å². The average molecular weight is 314 g/mol. The van der Waals surface area contributed by atoms with Crippen molar-refractivity contribution in [1.82, 2.24) is 5.32 Å². The molecule has 120 valence electrons. The molecule has 0 radical (unpaired) electrons. The fraction of sp³-hybridized carbons (Fsp3) is 0.235. The van der Waals surface area contributed by atoms with E-state index < -0.39 is 4.92 Å². The number of benzene rings is 2. The van der Waals surface area contributed by atoms with Crippen molar-refractivity contribution in [1.29, 1.82) is 0 Å². The molecule has 0 fully saturated rings. The van der Waals surface area contributed by atoms with Crippen molar-refractivity contribution in [3.63, 3.8) is 0 Å². The first-order valence-corrected chi connectivity index (χ1v) is 7.24. The van der Waals surface area contributed by atoms with E-state index in [-0.39, 0.29) is 23.3 Å². The third-order valence-electron chi connectivity index (χ3n) is 3.04. The Labute approximate surface area is 134 Å². The second-order valence-electron chi connectivity index (χ2n) is 5.30. The van der Waals surface area contributed by atoms with E-state index in [2.05, 4.69) is 5.32 Å². The summed E-state index contributed by atoms with van der Waals surface area (Å²) in [6, 6.07) is 13.1. The number of nitrogens with one attached hydrogen (secondary N) is 1. The van der Waals surface area contributed by atoms with E-state index >= 15 is 0 Å². The lowest BCUT2D eigenvalue weighted by atomic mass is 10.1. The van der Waals surface area contributed by atoms with Crippen molar-refractivity contribution < 1.29 is 14.5 Å². The number of non-ortho nitro benzene ring substituents is 1. The third kappa shape index (κ3) is 4.81. The van der Waals surface area contributed by atoms with E-state index in [0.717, 1.165) is 11.3 Å². The predicted molar refractivity (Wildman–Crippen MR) is 86.5 cm³/mol. The molecule has 0 atom stereocenters. The molecule has 0 aromatic heterocycles. The molecule has 2 aromatic carbocycles. The summed E-state index contributed by atoms with van der Waals surface area (Å²) < 4.78 is 5.60. The Morgan fingerprint density at radius 2 is 1.96 bits per heavy atom. The van der Waals surface area contributed by atoms with Crippen LogP contribution in [0.5, 0.6) is 5.75 Å². The molecule has 2 rings (SSSR count). The van der Waals surface area contributed by atoms with Gasteiger partial charge in [-0.2, -0.15) is 0 Å². The molecule has 6 heteroatoms. The maximum atomic E-state index is 12.1. The van der Waals surface area contributed by atoms with E-state index in [4.69, 9.17) is 4.74 Å². The Balaban J connectivity index is 2.01. The van der Waals surface area contributed by atoms with Gasteiger partial charge in [0.05, 0.1) is 11.0 Å². The van der Waals surface area contributed by atoms with Gasteiger partial charge in [-0.1, -0.05) is 18.2 Å². The lowest BCUT2D eigenvalue weighted by Crippen LogP contribution is -2.22. The standard InChI is InChI=1S/C17H18N2O4/c1-12(2)23-16-8-3-5-13(9-16)11-18-17(20)14-6-4-7-15(10-14)19(21)22/h3-10,12H,11H2,1-2H3,(H,18,20). The number of ether oxygens (including phenoxy) is 1. The van der Waals surface area contributed by atoms with E-state index in [1.807, 2.05) is 38.1 Å². The highest BCUT2D eigenvalue weighted by Crippen LogP contribution is 2.16. The van der Waals surface area contributed by atoms with Gasteiger partial charge in [0.2, 0.25) is 0 Å². The first kappa shape index (κ1) is 16.5. The molecule has 0 saturated heterocycles. The number of rotatable bonds is 6. The van der Waals surface area contributed by atoms with E-state index in [0.29, 0.717) is 6.54 Å². The van der Waals surface area contributed by atoms with Gasteiger partial charge in [0.25, 0.3) is 11.6 Å². The van der Waals surface area contributed by atoms with Crippen LogP contribution < -0.4 is 10.1 Å². The zero-order valence-electron chi connectivity index (χ0n) is 13.0. The molecule has 0 aliphatic carbocycles. The average Bonchev–Trinajstić information content (AvgIpc) is 2.52. The third-order valence-corrected chi connectivity index (χ3v) is 3.04. The van der Waals surface area contributed by atoms with E-state index in [9.17, 15) is 14.9 Å². The maximum absolute atomic E-state index is 12.1. The van der Waals surface area contributed by atoms with Crippen LogP contribution in [0.1, 0.15) is 29.8 Å². The molecule has 6 nitrogen and oxygen atoms in total. The van der Waals surface area contributed by atoms with E-state index in [1.54, 1.807) is 6.07 Å². The number of hydrogen-bond donors (Lipinski definition) is 1. The summed E-state index contributed by atoms with van der Waals surface area (Å²) in [5.41, 5.74) is 1.04. The van der Waals surface area contributed by atoms with Crippen molar-refractivity contribution >= 4 is 11.6 Å². The smallest absolute Gasteiger partial charge is 0.270 e. The molecular weight excluding hydrogens is 296 g/mol. The van der Waals surface area contributed by atoms with Crippen molar-refractivity contribution in [3.8, 4) is 5.75 Å². The molecule has 0 spiro atoms. The molecule has 1 N–H and O–H groups in total. The predicted octanol–water partition coefficient (Wildman–Crippen LogP) is 3.31. The minimum atomic E-state index is -0.524. The number of nitro groups is 1. The fourth-order valence-electron chi connectivity index (χ4n) is 2.05. The molecule has 0 bridgehead atoms. The summed E-state index contributed by atoms with van der Waals surface area (Å²) in [5, 5.41) is 13.5. The van der Waals surface area contributed by atoms with Crippen LogP contribution in [-0.2, 0) is 6.54 Å². The largest absolute Gasteiger partial charge is 0.491 e. The number of hydrogen-bond acceptors (Lipinski definition) is 4. The maximum Gasteiger partial charge on any atom is 0.270 e. The SMILES string of the molecule is CC(C)Oc1cccc(CNC(=O)c2cccc([N+](=O)[O-])c2)c1. The van der Waals surface area contributed by atoms with Crippen LogP contribution in [-0.4, -0.2) is 16.9 Å². The summed E-state index contributed by atoms with van der Waals surface area (Å²) in [6.07, 6.45) is 0.0738. The minimum Gasteiger partial charge on any atom is -0.491 e. The van der Waals surface area contributed by atoms with Crippen molar-refractivity contribution in [3.05, 3.63) is 69.8 Å². The molecule has 23 heavy (non-hydrogen) atoms. The Morgan fingerprint density at radius 1 is 1.22 bits per heavy atom. The van der Waals surface area contributed by atoms with Crippen LogP contribution in [0.2, 0.25) is 0 Å². The summed E-state index contributed by atoms with van der Waals surface area (Å²) in [7, 11) is 0. The fourth-order valence-corrected chi connectivity index (χ4v) is 2.05. The molecule has 0 unspecified atom stereocenters. The molecule has 0 saturated carbocycles. The monoisotopic (exact) mass is 314 g/mol. The molecule has 0 heterocycles. The van der Waals surface area contributed by atoms with Gasteiger partial charge >= 0.3 is 0 Å². The van der Waals surface area contributed by atoms with Crippen LogP contribution in [0.15, 0.2) is 48.5 Å². The van der Waals surface area contributed by atoms with Crippen LogP contribution in [0.25, 0.3) is 0 Å². The minimum absolute atomic E-state index is 0.0738. The van der Waals surface area contributed by atoms with Gasteiger partial charge in [0.1, 0.15) is 5.75 Å². The zero-order chi connectivity index (χ0) is 16.8. The Hall–Kier alpha value is -2.89. The van der Waals surface area contributed by atoms with Gasteiger partial charge in [0, 0.05) is 24.2 Å². The van der Waals surface area contributed by atoms with Crippen LogP contribution >= 0.6 is 0 Å². The summed E-state index contributed by atoms with van der Waals surface area (Å²) in [6.45, 7) is 4.20. The normalized spacial score (nSPS) is 10.4. The second-order valence-corrected chi connectivity index (χ2v) is 5.30. The highest BCUT2D eigenvalue weighted by molar-refractivity contribution is 5.94. The summed E-state index contributed by atoms with van der Waals surface area (Å²) >= 11 is 0. The van der Waals surface area contributed by atoms with Gasteiger partial charge < -0.3 is 10.1 Å². The second kappa shape index (κ2) is 7.40. The molecule has 0 aliphatic heterocycles. The lowest BCUT2D eigenvalue weighted by molar-refractivity contribution is -0.384. The van der Waals surface area contributed by atoms with Gasteiger partial charge in [0.15, 0.2) is 0 Å². The zero-order valence-corrected chi connectivity index (χ0v) is 13.0. The van der Waals surface area contributed by atoms with Gasteiger partial charge in [-0.3, -0.25) is 14.9 Å². The Morgan fingerprint density at radius 3 is 2.65 bits per heavy atom.